The zero-order chi connectivity index (χ0) is 14.5. The molecule has 7 nitrogen and oxygen atoms in total. The molecule has 20 heavy (non-hydrogen) atoms. The fourth-order valence-corrected chi connectivity index (χ4v) is 1.53. The summed E-state index contributed by atoms with van der Waals surface area (Å²) in [6.07, 6.45) is 2.80. The van der Waals surface area contributed by atoms with Crippen LogP contribution in [0.15, 0.2) is 36.7 Å². The minimum Gasteiger partial charge on any atom is -0.478 e. The Morgan fingerprint density at radius 1 is 1.20 bits per heavy atom. The van der Waals surface area contributed by atoms with E-state index in [4.69, 9.17) is 10.8 Å². The molecule has 0 atom stereocenters. The molecule has 0 aliphatic heterocycles. The van der Waals surface area contributed by atoms with E-state index in [-0.39, 0.29) is 5.56 Å². The summed E-state index contributed by atoms with van der Waals surface area (Å²) in [4.78, 5) is 29.8. The number of rotatable bonds is 5. The summed E-state index contributed by atoms with van der Waals surface area (Å²) in [6, 6.07) is 6.07. The lowest BCUT2D eigenvalue weighted by atomic mass is 10.2. The first kappa shape index (κ1) is 13.5. The topological polar surface area (TPSA) is 118 Å². The second-order valence-electron chi connectivity index (χ2n) is 3.99. The molecule has 0 saturated carbocycles. The molecule has 0 aliphatic rings. The van der Waals surface area contributed by atoms with Crippen LogP contribution in [-0.4, -0.2) is 27.0 Å². The van der Waals surface area contributed by atoms with Gasteiger partial charge in [-0.2, -0.15) is 0 Å². The number of carboxylic acid groups (broad SMARTS) is 1. The predicted molar refractivity (Wildman–Crippen MR) is 71.3 cm³/mol. The second-order valence-corrected chi connectivity index (χ2v) is 3.99. The van der Waals surface area contributed by atoms with Gasteiger partial charge in [-0.05, 0) is 24.3 Å². The first-order chi connectivity index (χ1) is 9.56. The molecule has 0 unspecified atom stereocenters. The standard InChI is InChI=1S/C13H12N4O3/c14-12(18)9-1-2-11(16-6-9)17-7-10-5-8(13(19)20)3-4-15-10/h1-6H,7H2,(H2,14,18)(H,16,17)(H,19,20). The average Bonchev–Trinajstić information content (AvgIpc) is 2.46. The number of carbonyl (C=O) groups is 2. The molecule has 0 aromatic carbocycles. The third kappa shape index (κ3) is 3.29. The van der Waals surface area contributed by atoms with Crippen molar-refractivity contribution in [2.24, 2.45) is 5.73 Å². The van der Waals surface area contributed by atoms with Crippen molar-refractivity contribution in [3.8, 4) is 0 Å². The number of primary amides is 1. The Morgan fingerprint density at radius 2 is 2.00 bits per heavy atom. The van der Waals surface area contributed by atoms with Crippen LogP contribution in [0.3, 0.4) is 0 Å². The molecule has 2 aromatic rings. The lowest BCUT2D eigenvalue weighted by Crippen LogP contribution is -2.11. The van der Waals surface area contributed by atoms with Gasteiger partial charge >= 0.3 is 5.97 Å². The van der Waals surface area contributed by atoms with Gasteiger partial charge in [0.2, 0.25) is 5.91 Å². The highest BCUT2D eigenvalue weighted by Crippen LogP contribution is 2.07. The van der Waals surface area contributed by atoms with Gasteiger partial charge in [0.05, 0.1) is 23.4 Å². The number of hydrogen-bond acceptors (Lipinski definition) is 5. The molecular weight excluding hydrogens is 260 g/mol. The molecule has 0 bridgehead atoms. The maximum atomic E-state index is 10.9. The minimum atomic E-state index is -1.00. The summed E-state index contributed by atoms with van der Waals surface area (Å²) >= 11 is 0. The fraction of sp³-hybridized carbons (Fsp3) is 0.0769. The quantitative estimate of drug-likeness (QED) is 0.743. The lowest BCUT2D eigenvalue weighted by Gasteiger charge is -2.06. The number of carbonyl (C=O) groups excluding carboxylic acids is 1. The highest BCUT2D eigenvalue weighted by Gasteiger charge is 2.05. The normalized spacial score (nSPS) is 10.0. The maximum absolute atomic E-state index is 10.9. The van der Waals surface area contributed by atoms with E-state index in [1.807, 2.05) is 0 Å². The van der Waals surface area contributed by atoms with Crippen LogP contribution in [0, 0.1) is 0 Å². The molecule has 0 aliphatic carbocycles. The van der Waals surface area contributed by atoms with E-state index in [0.29, 0.717) is 23.6 Å². The Labute approximate surface area is 114 Å². The van der Waals surface area contributed by atoms with Gasteiger partial charge in [0.15, 0.2) is 0 Å². The van der Waals surface area contributed by atoms with E-state index in [1.54, 1.807) is 12.1 Å². The SMILES string of the molecule is NC(=O)c1ccc(NCc2cc(C(=O)O)ccn2)nc1. The number of hydrogen-bond donors (Lipinski definition) is 3. The number of nitrogens with one attached hydrogen (secondary N) is 1. The zero-order valence-corrected chi connectivity index (χ0v) is 10.4. The van der Waals surface area contributed by atoms with Crippen molar-refractivity contribution >= 4 is 17.7 Å². The van der Waals surface area contributed by atoms with Gasteiger partial charge in [-0.25, -0.2) is 9.78 Å². The Kier molecular flexibility index (Phi) is 3.90. The highest BCUT2D eigenvalue weighted by atomic mass is 16.4. The minimum absolute atomic E-state index is 0.175. The molecule has 2 aromatic heterocycles. The molecule has 1 amide bonds. The van der Waals surface area contributed by atoms with E-state index < -0.39 is 11.9 Å². The van der Waals surface area contributed by atoms with E-state index >= 15 is 0 Å². The largest absolute Gasteiger partial charge is 0.478 e. The van der Waals surface area contributed by atoms with Gasteiger partial charge in [0.25, 0.3) is 0 Å². The summed E-state index contributed by atoms with van der Waals surface area (Å²) in [5, 5.41) is 11.8. The maximum Gasteiger partial charge on any atom is 0.335 e. The van der Waals surface area contributed by atoms with Gasteiger partial charge in [-0.1, -0.05) is 0 Å². The van der Waals surface area contributed by atoms with Crippen molar-refractivity contribution in [2.75, 3.05) is 5.32 Å². The lowest BCUT2D eigenvalue weighted by molar-refractivity contribution is 0.0696. The molecule has 0 saturated heterocycles. The van der Waals surface area contributed by atoms with Crippen LogP contribution in [0.5, 0.6) is 0 Å². The monoisotopic (exact) mass is 272 g/mol. The number of pyridine rings is 2. The van der Waals surface area contributed by atoms with Crippen molar-refractivity contribution in [1.82, 2.24) is 9.97 Å². The molecule has 0 radical (unpaired) electrons. The van der Waals surface area contributed by atoms with Gasteiger partial charge in [-0.3, -0.25) is 9.78 Å². The van der Waals surface area contributed by atoms with Crippen LogP contribution in [0.4, 0.5) is 5.82 Å². The molecule has 0 spiro atoms. The van der Waals surface area contributed by atoms with E-state index in [9.17, 15) is 9.59 Å². The summed E-state index contributed by atoms with van der Waals surface area (Å²) < 4.78 is 0. The van der Waals surface area contributed by atoms with E-state index in [1.165, 1.54) is 24.5 Å². The van der Waals surface area contributed by atoms with Crippen LogP contribution in [0.25, 0.3) is 0 Å². The molecule has 102 valence electrons. The third-order valence-electron chi connectivity index (χ3n) is 2.56. The van der Waals surface area contributed by atoms with Crippen LogP contribution < -0.4 is 11.1 Å². The molecule has 0 fully saturated rings. The number of amides is 1. The average molecular weight is 272 g/mol. The highest BCUT2D eigenvalue weighted by molar-refractivity contribution is 5.92. The smallest absolute Gasteiger partial charge is 0.335 e. The van der Waals surface area contributed by atoms with Crippen LogP contribution in [-0.2, 0) is 6.54 Å². The Hall–Kier alpha value is -2.96. The van der Waals surface area contributed by atoms with Gasteiger partial charge in [0, 0.05) is 12.4 Å². The van der Waals surface area contributed by atoms with Crippen LogP contribution in [0.1, 0.15) is 26.4 Å². The summed E-state index contributed by atoms with van der Waals surface area (Å²) in [6.45, 7) is 0.323. The summed E-state index contributed by atoms with van der Waals surface area (Å²) in [5.74, 6) is -1.00. The summed E-state index contributed by atoms with van der Waals surface area (Å²) in [7, 11) is 0. The number of anilines is 1. The van der Waals surface area contributed by atoms with Gasteiger partial charge in [0.1, 0.15) is 5.82 Å². The molecule has 2 rings (SSSR count). The second kappa shape index (κ2) is 5.79. The van der Waals surface area contributed by atoms with Crippen molar-refractivity contribution in [2.45, 2.75) is 6.54 Å². The Morgan fingerprint density at radius 3 is 2.60 bits per heavy atom. The van der Waals surface area contributed by atoms with Gasteiger partial charge < -0.3 is 16.2 Å². The van der Waals surface area contributed by atoms with E-state index in [0.717, 1.165) is 0 Å². The molecule has 4 N–H and O–H groups in total. The van der Waals surface area contributed by atoms with E-state index in [2.05, 4.69) is 15.3 Å². The number of aromatic carboxylic acids is 1. The molecule has 7 heteroatoms. The van der Waals surface area contributed by atoms with Crippen molar-refractivity contribution in [3.63, 3.8) is 0 Å². The van der Waals surface area contributed by atoms with Crippen molar-refractivity contribution in [1.29, 1.82) is 0 Å². The number of nitrogens with two attached hydrogens (primary N) is 1. The fourth-order valence-electron chi connectivity index (χ4n) is 1.53. The third-order valence-corrected chi connectivity index (χ3v) is 2.56. The van der Waals surface area contributed by atoms with Crippen molar-refractivity contribution < 1.29 is 14.7 Å². The summed E-state index contributed by atoms with van der Waals surface area (Å²) in [5.41, 5.74) is 6.18. The van der Waals surface area contributed by atoms with Gasteiger partial charge in [-0.15, -0.1) is 0 Å². The van der Waals surface area contributed by atoms with Crippen molar-refractivity contribution in [3.05, 3.63) is 53.5 Å². The predicted octanol–water partition coefficient (Wildman–Crippen LogP) is 0.886. The molecular formula is C13H12N4O3. The van der Waals surface area contributed by atoms with Crippen LogP contribution in [0.2, 0.25) is 0 Å². The first-order valence-electron chi connectivity index (χ1n) is 5.74. The number of aromatic nitrogens is 2. The Balaban J connectivity index is 2.03. The first-order valence-corrected chi connectivity index (χ1v) is 5.74. The number of nitrogens with zero attached hydrogens (tertiary/aromatic N) is 2. The Bertz CT molecular complexity index is 640. The zero-order valence-electron chi connectivity index (χ0n) is 10.4. The van der Waals surface area contributed by atoms with Crippen LogP contribution >= 0.6 is 0 Å². The number of carboxylic acids is 1. The molecule has 2 heterocycles.